The van der Waals surface area contributed by atoms with Crippen molar-refractivity contribution >= 4 is 10.0 Å². The number of sulfonamides is 1. The van der Waals surface area contributed by atoms with Crippen molar-refractivity contribution in [3.63, 3.8) is 0 Å². The molecule has 3 atom stereocenters. The smallest absolute Gasteiger partial charge is 0.247 e. The van der Waals surface area contributed by atoms with Gasteiger partial charge >= 0.3 is 0 Å². The first-order chi connectivity index (χ1) is 13.8. The van der Waals surface area contributed by atoms with Crippen LogP contribution in [0.1, 0.15) is 13.8 Å². The molecule has 0 bridgehead atoms. The second kappa shape index (κ2) is 8.79. The monoisotopic (exact) mass is 422 g/mol. The van der Waals surface area contributed by atoms with Crippen LogP contribution in [-0.2, 0) is 10.0 Å². The summed E-state index contributed by atoms with van der Waals surface area (Å²) in [7, 11) is -2.10. The molecule has 0 saturated carbocycles. The topological polar surface area (TPSA) is 78.9 Å². The van der Waals surface area contributed by atoms with Crippen molar-refractivity contribution in [2.24, 2.45) is 5.92 Å². The highest BCUT2D eigenvalue weighted by Crippen LogP contribution is 2.36. The van der Waals surface area contributed by atoms with E-state index in [4.69, 9.17) is 4.74 Å². The Morgan fingerprint density at radius 3 is 2.69 bits per heavy atom. The number of fused-ring (bicyclic) bond motifs is 1. The summed E-state index contributed by atoms with van der Waals surface area (Å²) >= 11 is 0. The molecule has 29 heavy (non-hydrogen) atoms. The van der Waals surface area contributed by atoms with Crippen molar-refractivity contribution in [3.05, 3.63) is 48.3 Å². The van der Waals surface area contributed by atoms with E-state index in [0.29, 0.717) is 17.7 Å². The summed E-state index contributed by atoms with van der Waals surface area (Å²) in [5.74, 6) is -0.332. The molecular weight excluding hydrogens is 395 g/mol. The van der Waals surface area contributed by atoms with E-state index in [1.165, 1.54) is 16.4 Å². The maximum absolute atomic E-state index is 14.3. The molecule has 0 saturated heterocycles. The summed E-state index contributed by atoms with van der Waals surface area (Å²) in [4.78, 5) is 0.0193. The number of nitrogens with one attached hydrogen (secondary N) is 1. The van der Waals surface area contributed by atoms with Gasteiger partial charge in [0.25, 0.3) is 0 Å². The first-order valence-corrected chi connectivity index (χ1v) is 11.1. The fourth-order valence-corrected chi connectivity index (χ4v) is 5.36. The van der Waals surface area contributed by atoms with Crippen LogP contribution >= 0.6 is 0 Å². The van der Waals surface area contributed by atoms with Crippen LogP contribution in [0.3, 0.4) is 0 Å². The molecule has 158 valence electrons. The Bertz CT molecular complexity index is 967. The number of hydrogen-bond acceptors (Lipinski definition) is 5. The fourth-order valence-electron chi connectivity index (χ4n) is 3.53. The van der Waals surface area contributed by atoms with Crippen molar-refractivity contribution in [1.29, 1.82) is 0 Å². The molecule has 8 heteroatoms. The number of likely N-dealkylation sites (N-methyl/N-ethyl adjacent to an activating group) is 1. The van der Waals surface area contributed by atoms with Gasteiger partial charge in [-0.2, -0.15) is 4.31 Å². The lowest BCUT2D eigenvalue weighted by Crippen LogP contribution is -2.49. The molecule has 2 N–H and O–H groups in total. The molecule has 1 aliphatic rings. The lowest BCUT2D eigenvalue weighted by Gasteiger charge is -2.36. The molecule has 0 fully saturated rings. The van der Waals surface area contributed by atoms with E-state index in [1.807, 2.05) is 6.92 Å². The Morgan fingerprint density at radius 1 is 1.31 bits per heavy atom. The molecule has 0 radical (unpaired) electrons. The van der Waals surface area contributed by atoms with E-state index in [1.54, 1.807) is 44.3 Å². The minimum absolute atomic E-state index is 0.0193. The molecule has 0 spiro atoms. The zero-order valence-corrected chi connectivity index (χ0v) is 17.6. The van der Waals surface area contributed by atoms with E-state index in [0.717, 1.165) is 0 Å². The minimum Gasteiger partial charge on any atom is -0.487 e. The maximum Gasteiger partial charge on any atom is 0.247 e. The summed E-state index contributed by atoms with van der Waals surface area (Å²) in [6.45, 7) is 4.05. The quantitative estimate of drug-likeness (QED) is 0.774. The third kappa shape index (κ3) is 4.30. The van der Waals surface area contributed by atoms with Gasteiger partial charge in [0.2, 0.25) is 10.0 Å². The summed E-state index contributed by atoms with van der Waals surface area (Å²) in [6.07, 6.45) is -0.293. The third-order valence-electron chi connectivity index (χ3n) is 5.26. The van der Waals surface area contributed by atoms with E-state index in [2.05, 4.69) is 5.32 Å². The van der Waals surface area contributed by atoms with Crippen LogP contribution < -0.4 is 10.1 Å². The van der Waals surface area contributed by atoms with Gasteiger partial charge in [0.15, 0.2) is 0 Å². The van der Waals surface area contributed by atoms with Gasteiger partial charge in [-0.3, -0.25) is 0 Å². The first-order valence-electron chi connectivity index (χ1n) is 9.62. The summed E-state index contributed by atoms with van der Waals surface area (Å²) in [5.41, 5.74) is 0.910. The van der Waals surface area contributed by atoms with Crippen molar-refractivity contribution in [2.45, 2.75) is 30.9 Å². The van der Waals surface area contributed by atoms with E-state index in [9.17, 15) is 17.9 Å². The number of aliphatic hydroxyl groups is 1. The molecule has 6 nitrogen and oxygen atoms in total. The SMILES string of the molecule is CNC[C@H]1Oc2cc(-c3ccccc3F)ccc2S(=O)(=O)N([C@H](C)CO)C[C@@H]1C. The largest absolute Gasteiger partial charge is 0.487 e. The highest BCUT2D eigenvalue weighted by molar-refractivity contribution is 7.89. The maximum atomic E-state index is 14.3. The fraction of sp³-hybridized carbons (Fsp3) is 0.429. The number of aliphatic hydroxyl groups excluding tert-OH is 1. The van der Waals surface area contributed by atoms with E-state index >= 15 is 0 Å². The number of hydrogen-bond donors (Lipinski definition) is 2. The summed E-state index contributed by atoms with van der Waals surface area (Å²) in [5, 5.41) is 12.7. The molecule has 1 heterocycles. The lowest BCUT2D eigenvalue weighted by molar-refractivity contribution is 0.103. The van der Waals surface area contributed by atoms with Gasteiger partial charge in [-0.25, -0.2) is 12.8 Å². The molecule has 0 aliphatic carbocycles. The minimum atomic E-state index is -3.90. The molecule has 0 aromatic heterocycles. The Hall–Kier alpha value is -2.00. The summed E-state index contributed by atoms with van der Waals surface area (Å²) < 4.78 is 48.4. The van der Waals surface area contributed by atoms with Crippen LogP contribution in [0.25, 0.3) is 11.1 Å². The predicted molar refractivity (Wildman–Crippen MR) is 110 cm³/mol. The van der Waals surface area contributed by atoms with Crippen LogP contribution in [0.15, 0.2) is 47.4 Å². The Balaban J connectivity index is 2.17. The molecule has 3 rings (SSSR count). The Labute approximate surface area is 171 Å². The number of benzene rings is 2. The molecule has 0 amide bonds. The van der Waals surface area contributed by atoms with Gasteiger partial charge in [-0.05, 0) is 37.7 Å². The van der Waals surface area contributed by atoms with Crippen LogP contribution in [0, 0.1) is 11.7 Å². The average Bonchev–Trinajstić information content (AvgIpc) is 2.70. The average molecular weight is 423 g/mol. The Morgan fingerprint density at radius 2 is 2.03 bits per heavy atom. The van der Waals surface area contributed by atoms with Gasteiger partial charge < -0.3 is 15.2 Å². The van der Waals surface area contributed by atoms with Gasteiger partial charge in [-0.15, -0.1) is 0 Å². The molecule has 2 aromatic carbocycles. The second-order valence-corrected chi connectivity index (χ2v) is 9.30. The first kappa shape index (κ1) is 21.7. The number of halogens is 1. The van der Waals surface area contributed by atoms with Crippen molar-refractivity contribution in [1.82, 2.24) is 9.62 Å². The van der Waals surface area contributed by atoms with E-state index in [-0.39, 0.29) is 35.8 Å². The number of nitrogens with zero attached hydrogens (tertiary/aromatic N) is 1. The standard InChI is InChI=1S/C21H27FN2O4S/c1-14-12-24(15(2)13-25)29(26,27)21-9-8-16(17-6-4-5-7-18(17)22)10-19(21)28-20(14)11-23-3/h4-10,14-15,20,23,25H,11-13H2,1-3H3/t14-,15+,20+/m0/s1. The van der Waals surface area contributed by atoms with Gasteiger partial charge in [0, 0.05) is 30.6 Å². The van der Waals surface area contributed by atoms with Crippen molar-refractivity contribution in [2.75, 3.05) is 26.7 Å². The van der Waals surface area contributed by atoms with Gasteiger partial charge in [0.1, 0.15) is 22.6 Å². The highest BCUT2D eigenvalue weighted by Gasteiger charge is 2.37. The normalized spacial score (nSPS) is 22.8. The zero-order chi connectivity index (χ0) is 21.2. The van der Waals surface area contributed by atoms with Gasteiger partial charge in [-0.1, -0.05) is 31.2 Å². The second-order valence-electron chi connectivity index (χ2n) is 7.44. The van der Waals surface area contributed by atoms with E-state index < -0.39 is 21.9 Å². The van der Waals surface area contributed by atoms with Crippen molar-refractivity contribution < 1.29 is 22.7 Å². The summed E-state index contributed by atoms with van der Waals surface area (Å²) in [6, 6.07) is 10.4. The molecule has 2 aromatic rings. The molecular formula is C21H27FN2O4S. The molecule has 1 aliphatic heterocycles. The third-order valence-corrected chi connectivity index (χ3v) is 7.28. The van der Waals surface area contributed by atoms with Crippen molar-refractivity contribution in [3.8, 4) is 16.9 Å². The van der Waals surface area contributed by atoms with Gasteiger partial charge in [0.05, 0.1) is 6.61 Å². The number of rotatable bonds is 5. The highest BCUT2D eigenvalue weighted by atomic mass is 32.2. The number of ether oxygens (including phenoxy) is 1. The molecule has 0 unspecified atom stereocenters. The van der Waals surface area contributed by atoms with Crippen LogP contribution in [0.5, 0.6) is 5.75 Å². The predicted octanol–water partition coefficient (Wildman–Crippen LogP) is 2.48. The van der Waals surface area contributed by atoms with Crippen LogP contribution in [-0.4, -0.2) is 56.7 Å². The van der Waals surface area contributed by atoms with Crippen LogP contribution in [0.2, 0.25) is 0 Å². The lowest BCUT2D eigenvalue weighted by atomic mass is 10.0. The zero-order valence-electron chi connectivity index (χ0n) is 16.8. The Kier molecular flexibility index (Phi) is 6.58. The van der Waals surface area contributed by atoms with Crippen LogP contribution in [0.4, 0.5) is 4.39 Å².